The maximum Gasteiger partial charge on any atom is 0.269 e. The topological polar surface area (TPSA) is 108 Å². The van der Waals surface area contributed by atoms with E-state index in [-0.39, 0.29) is 34.1 Å². The van der Waals surface area contributed by atoms with Crippen molar-refractivity contribution >= 4 is 28.8 Å². The van der Waals surface area contributed by atoms with E-state index in [0.29, 0.717) is 40.9 Å². The Balaban J connectivity index is 1.86. The first-order valence-corrected chi connectivity index (χ1v) is 12.5. The number of hydrogen-bond acceptors (Lipinski definition) is 5. The van der Waals surface area contributed by atoms with Gasteiger partial charge in [0.15, 0.2) is 5.78 Å². The standard InChI is InChI=1S/C31H29N3O4/c1-19-12-14-20(15-13-19)29(36)28-26(21-8-7-11-23(16-21)34(37)38)27-24(17-31(2,3)18-25(27)35)33(30(28)32)22-9-5-4-6-10-22/h4-16,26,32,36H,17-18H2,1-3H3/b29-28+,32-30?. The Bertz CT molecular complexity index is 1520. The molecule has 192 valence electrons. The van der Waals surface area contributed by atoms with E-state index in [1.54, 1.807) is 29.2 Å². The summed E-state index contributed by atoms with van der Waals surface area (Å²) in [7, 11) is 0. The van der Waals surface area contributed by atoms with Crippen LogP contribution in [0.5, 0.6) is 0 Å². The normalized spacial score (nSPS) is 20.3. The third-order valence-electron chi connectivity index (χ3n) is 7.23. The Labute approximate surface area is 221 Å². The van der Waals surface area contributed by atoms with Gasteiger partial charge in [-0.3, -0.25) is 25.2 Å². The third-order valence-corrected chi connectivity index (χ3v) is 7.23. The van der Waals surface area contributed by atoms with Crippen LogP contribution >= 0.6 is 0 Å². The molecule has 3 aromatic carbocycles. The van der Waals surface area contributed by atoms with Crippen LogP contribution in [0.25, 0.3) is 5.76 Å². The number of nitro groups is 1. The van der Waals surface area contributed by atoms with E-state index in [2.05, 4.69) is 0 Å². The SMILES string of the molecule is Cc1ccc(/C(O)=C2\C(=N)N(c3ccccc3)C3=C(C(=O)CC(C)(C)C3)C2c2cccc([N+](=O)[O-])c2)cc1. The zero-order valence-electron chi connectivity index (χ0n) is 21.6. The number of aliphatic hydroxyl groups excluding tert-OH is 1. The third kappa shape index (κ3) is 4.41. The van der Waals surface area contributed by atoms with Crippen molar-refractivity contribution < 1.29 is 14.8 Å². The average Bonchev–Trinajstić information content (AvgIpc) is 2.88. The Hall–Kier alpha value is -4.52. The highest BCUT2D eigenvalue weighted by atomic mass is 16.6. The molecule has 0 saturated carbocycles. The molecule has 2 aliphatic rings. The number of nitrogens with one attached hydrogen (secondary N) is 1. The van der Waals surface area contributed by atoms with E-state index in [1.807, 2.05) is 63.2 Å². The molecule has 0 aromatic heterocycles. The molecule has 38 heavy (non-hydrogen) atoms. The van der Waals surface area contributed by atoms with E-state index < -0.39 is 10.8 Å². The number of nitrogens with zero attached hydrogens (tertiary/aromatic N) is 2. The lowest BCUT2D eigenvalue weighted by Gasteiger charge is -2.45. The van der Waals surface area contributed by atoms with Crippen molar-refractivity contribution in [1.82, 2.24) is 0 Å². The summed E-state index contributed by atoms with van der Waals surface area (Å²) in [5.74, 6) is -1.01. The molecule has 1 unspecified atom stereocenters. The summed E-state index contributed by atoms with van der Waals surface area (Å²) >= 11 is 0. The van der Waals surface area contributed by atoms with Gasteiger partial charge in [-0.2, -0.15) is 0 Å². The van der Waals surface area contributed by atoms with Crippen molar-refractivity contribution in [2.24, 2.45) is 5.41 Å². The molecule has 0 amide bonds. The fourth-order valence-electron chi connectivity index (χ4n) is 5.49. The minimum absolute atomic E-state index is 0.0371. The molecule has 0 saturated heterocycles. The smallest absolute Gasteiger partial charge is 0.269 e. The van der Waals surface area contributed by atoms with Crippen LogP contribution in [0.1, 0.15) is 49.3 Å². The van der Waals surface area contributed by atoms with Crippen LogP contribution in [0, 0.1) is 27.9 Å². The minimum atomic E-state index is -0.831. The van der Waals surface area contributed by atoms with Gasteiger partial charge in [0.25, 0.3) is 5.69 Å². The number of nitro benzene ring substituents is 1. The molecule has 3 aromatic rings. The van der Waals surface area contributed by atoms with Crippen molar-refractivity contribution in [3.63, 3.8) is 0 Å². The summed E-state index contributed by atoms with van der Waals surface area (Å²) in [4.78, 5) is 26.8. The number of ketones is 1. The summed E-state index contributed by atoms with van der Waals surface area (Å²) in [6, 6.07) is 22.8. The van der Waals surface area contributed by atoms with Crippen molar-refractivity contribution in [2.75, 3.05) is 4.90 Å². The number of rotatable bonds is 4. The highest BCUT2D eigenvalue weighted by molar-refractivity contribution is 6.19. The first-order valence-electron chi connectivity index (χ1n) is 12.5. The molecule has 0 spiro atoms. The monoisotopic (exact) mass is 507 g/mol. The van der Waals surface area contributed by atoms with Crippen molar-refractivity contribution in [2.45, 2.75) is 39.5 Å². The van der Waals surface area contributed by atoms with Crippen molar-refractivity contribution in [3.8, 4) is 0 Å². The van der Waals surface area contributed by atoms with Crippen LogP contribution in [-0.2, 0) is 4.79 Å². The van der Waals surface area contributed by atoms with Gasteiger partial charge in [-0.15, -0.1) is 0 Å². The van der Waals surface area contributed by atoms with Gasteiger partial charge in [0.05, 0.1) is 4.92 Å². The summed E-state index contributed by atoms with van der Waals surface area (Å²) < 4.78 is 0. The number of aliphatic hydroxyl groups is 1. The quantitative estimate of drug-likeness (QED) is 0.223. The first-order chi connectivity index (χ1) is 18.1. The van der Waals surface area contributed by atoms with Crippen LogP contribution < -0.4 is 4.90 Å². The number of carbonyl (C=O) groups is 1. The first kappa shape index (κ1) is 25.1. The lowest BCUT2D eigenvalue weighted by atomic mass is 9.67. The van der Waals surface area contributed by atoms with E-state index >= 15 is 0 Å². The molecule has 7 heteroatoms. The number of allylic oxidation sites excluding steroid dienone is 2. The molecule has 1 aliphatic heterocycles. The number of anilines is 1. The minimum Gasteiger partial charge on any atom is -0.507 e. The van der Waals surface area contributed by atoms with Gasteiger partial charge in [-0.05, 0) is 36.5 Å². The van der Waals surface area contributed by atoms with Crippen LogP contribution in [0.3, 0.4) is 0 Å². The number of amidine groups is 1. The van der Waals surface area contributed by atoms with E-state index in [1.165, 1.54) is 12.1 Å². The fraction of sp³-hybridized carbons (Fsp3) is 0.226. The lowest BCUT2D eigenvalue weighted by molar-refractivity contribution is -0.384. The lowest BCUT2D eigenvalue weighted by Crippen LogP contribution is -2.45. The average molecular weight is 508 g/mol. The van der Waals surface area contributed by atoms with Gasteiger partial charge in [0, 0.05) is 52.6 Å². The van der Waals surface area contributed by atoms with Crippen LogP contribution in [0.4, 0.5) is 11.4 Å². The number of hydrogen-bond donors (Lipinski definition) is 2. The van der Waals surface area contributed by atoms with Gasteiger partial charge in [-0.25, -0.2) is 0 Å². The molecule has 7 nitrogen and oxygen atoms in total. The molecule has 2 N–H and O–H groups in total. The maximum absolute atomic E-state index is 13.9. The highest BCUT2D eigenvalue weighted by Crippen LogP contribution is 2.51. The number of para-hydroxylation sites is 1. The predicted molar refractivity (Wildman–Crippen MR) is 148 cm³/mol. The Morgan fingerprint density at radius 3 is 2.37 bits per heavy atom. The number of benzene rings is 3. The number of carbonyl (C=O) groups excluding carboxylic acids is 1. The largest absolute Gasteiger partial charge is 0.507 e. The zero-order valence-corrected chi connectivity index (χ0v) is 21.6. The second-order valence-electron chi connectivity index (χ2n) is 10.7. The molecule has 0 fully saturated rings. The summed E-state index contributed by atoms with van der Waals surface area (Å²) in [5, 5.41) is 32.8. The second kappa shape index (κ2) is 9.41. The molecular weight excluding hydrogens is 478 g/mol. The van der Waals surface area contributed by atoms with Gasteiger partial charge in [0.2, 0.25) is 0 Å². The van der Waals surface area contributed by atoms with Gasteiger partial charge >= 0.3 is 0 Å². The summed E-state index contributed by atoms with van der Waals surface area (Å²) in [5.41, 5.74) is 3.68. The number of non-ortho nitro benzene ring substituents is 1. The Morgan fingerprint density at radius 1 is 1.03 bits per heavy atom. The molecule has 1 atom stereocenters. The van der Waals surface area contributed by atoms with Crippen molar-refractivity contribution in [1.29, 1.82) is 5.41 Å². The summed E-state index contributed by atoms with van der Waals surface area (Å²) in [6.07, 6.45) is 0.834. The highest BCUT2D eigenvalue weighted by Gasteiger charge is 2.47. The molecule has 1 heterocycles. The predicted octanol–water partition coefficient (Wildman–Crippen LogP) is 7.10. The van der Waals surface area contributed by atoms with Gasteiger partial charge in [0.1, 0.15) is 11.6 Å². The Kier molecular flexibility index (Phi) is 6.23. The van der Waals surface area contributed by atoms with Crippen LogP contribution in [0.15, 0.2) is 95.7 Å². The van der Waals surface area contributed by atoms with E-state index in [0.717, 1.165) is 5.56 Å². The number of Topliss-reactive ketones (excluding diaryl/α,β-unsaturated/α-hetero) is 1. The second-order valence-corrected chi connectivity index (χ2v) is 10.7. The molecule has 5 rings (SSSR count). The molecule has 1 aliphatic carbocycles. The Morgan fingerprint density at radius 2 is 1.71 bits per heavy atom. The molecular formula is C31H29N3O4. The zero-order chi connectivity index (χ0) is 27.2. The molecule has 0 radical (unpaired) electrons. The maximum atomic E-state index is 13.9. The van der Waals surface area contributed by atoms with E-state index in [4.69, 9.17) is 0 Å². The number of aryl methyl sites for hydroxylation is 1. The van der Waals surface area contributed by atoms with Crippen molar-refractivity contribution in [3.05, 3.63) is 123 Å². The van der Waals surface area contributed by atoms with Crippen LogP contribution in [-0.4, -0.2) is 21.6 Å². The summed E-state index contributed by atoms with van der Waals surface area (Å²) in [6.45, 7) is 6.00. The molecule has 0 bridgehead atoms. The van der Waals surface area contributed by atoms with Gasteiger partial charge in [-0.1, -0.05) is 74.0 Å². The van der Waals surface area contributed by atoms with Crippen LogP contribution in [0.2, 0.25) is 0 Å². The fourth-order valence-corrected chi connectivity index (χ4v) is 5.49. The van der Waals surface area contributed by atoms with E-state index in [9.17, 15) is 25.4 Å². The van der Waals surface area contributed by atoms with Gasteiger partial charge < -0.3 is 5.11 Å².